The lowest BCUT2D eigenvalue weighted by Crippen LogP contribution is -2.04. The highest BCUT2D eigenvalue weighted by Crippen LogP contribution is 2.35. The Morgan fingerprint density at radius 2 is 1.59 bits per heavy atom. The van der Waals surface area contributed by atoms with E-state index in [0.29, 0.717) is 0 Å². The highest BCUT2D eigenvalue weighted by molar-refractivity contribution is 7.98. The molecule has 2 aromatic rings. The SMILES string of the molecule is C1CCOC1.CO/N=C1\CCc2c(SC)cccc21.CSc1cccc2c1CCC2N.[B]. The summed E-state index contributed by atoms with van der Waals surface area (Å²) in [5, 5.41) is 4.05. The van der Waals surface area contributed by atoms with E-state index in [1.54, 1.807) is 18.9 Å². The Hall–Kier alpha value is -1.41. The van der Waals surface area contributed by atoms with E-state index in [-0.39, 0.29) is 14.5 Å². The fourth-order valence-electron chi connectivity index (χ4n) is 4.22. The van der Waals surface area contributed by atoms with Gasteiger partial charge in [-0.15, -0.1) is 23.5 Å². The predicted molar refractivity (Wildman–Crippen MR) is 139 cm³/mol. The molecule has 4 nitrogen and oxygen atoms in total. The van der Waals surface area contributed by atoms with Crippen molar-refractivity contribution in [2.45, 2.75) is 54.4 Å². The number of nitrogens with two attached hydrogens (primary N) is 1. The van der Waals surface area contributed by atoms with Crippen LogP contribution in [0.15, 0.2) is 51.3 Å². The molecule has 3 aliphatic rings. The van der Waals surface area contributed by atoms with E-state index in [1.165, 1.54) is 44.9 Å². The van der Waals surface area contributed by atoms with E-state index in [0.717, 1.165) is 44.6 Å². The largest absolute Gasteiger partial charge is 0.399 e. The number of nitrogens with zero attached hydrogens (tertiary/aromatic N) is 1. The van der Waals surface area contributed by atoms with Gasteiger partial charge in [0.05, 0.1) is 5.71 Å². The molecule has 0 spiro atoms. The Balaban J connectivity index is 0.000000184. The van der Waals surface area contributed by atoms with Crippen molar-refractivity contribution in [1.29, 1.82) is 0 Å². The quantitative estimate of drug-likeness (QED) is 0.367. The minimum Gasteiger partial charge on any atom is -0.399 e. The Morgan fingerprint density at radius 3 is 2.19 bits per heavy atom. The van der Waals surface area contributed by atoms with E-state index in [4.69, 9.17) is 15.3 Å². The molecular formula is C25H34BN2O2S2. The summed E-state index contributed by atoms with van der Waals surface area (Å²) in [4.78, 5) is 7.61. The van der Waals surface area contributed by atoms with Gasteiger partial charge in [-0.1, -0.05) is 29.4 Å². The monoisotopic (exact) mass is 469 g/mol. The summed E-state index contributed by atoms with van der Waals surface area (Å²) in [7, 11) is 1.60. The second-order valence-corrected chi connectivity index (χ2v) is 9.40. The summed E-state index contributed by atoms with van der Waals surface area (Å²) in [5.74, 6) is 0. The van der Waals surface area contributed by atoms with E-state index >= 15 is 0 Å². The van der Waals surface area contributed by atoms with Crippen molar-refractivity contribution in [3.63, 3.8) is 0 Å². The van der Waals surface area contributed by atoms with Crippen LogP contribution < -0.4 is 5.73 Å². The standard InChI is InChI=1S/C11H13NOS.C10H13NS.C4H8O.B/c1-13-12-10-7-6-9-8(10)4-3-5-11(9)14-2;1-12-10-4-2-3-7-8(10)5-6-9(7)11;1-2-4-5-3-1;/h3-5H,6-7H2,1-2H3;2-4,9H,5-6,11H2,1H3;1-4H2;/b12-10+;;;. The molecule has 171 valence electrons. The maximum Gasteiger partial charge on any atom is 0.106 e. The number of oxime groups is 1. The zero-order chi connectivity index (χ0) is 22.1. The van der Waals surface area contributed by atoms with Gasteiger partial charge in [-0.05, 0) is 79.9 Å². The number of rotatable bonds is 3. The lowest BCUT2D eigenvalue weighted by Gasteiger charge is -2.06. The third kappa shape index (κ3) is 6.80. The average molecular weight is 470 g/mol. The molecule has 2 aliphatic carbocycles. The molecular weight excluding hydrogens is 435 g/mol. The van der Waals surface area contributed by atoms with Crippen molar-refractivity contribution in [3.05, 3.63) is 58.7 Å². The first-order valence-corrected chi connectivity index (χ1v) is 13.4. The maximum absolute atomic E-state index is 5.96. The maximum atomic E-state index is 5.96. The second kappa shape index (κ2) is 14.0. The van der Waals surface area contributed by atoms with E-state index < -0.39 is 0 Å². The van der Waals surface area contributed by atoms with Crippen LogP contribution in [0.3, 0.4) is 0 Å². The normalized spacial score (nSPS) is 19.1. The second-order valence-electron chi connectivity index (χ2n) is 7.70. The molecule has 1 unspecified atom stereocenters. The first-order valence-electron chi connectivity index (χ1n) is 10.9. The van der Waals surface area contributed by atoms with Crippen LogP contribution in [0, 0.1) is 0 Å². The Kier molecular flexibility index (Phi) is 11.7. The third-order valence-corrected chi connectivity index (χ3v) is 7.44. The van der Waals surface area contributed by atoms with Crippen molar-refractivity contribution >= 4 is 37.6 Å². The van der Waals surface area contributed by atoms with Gasteiger partial charge in [-0.2, -0.15) is 0 Å². The predicted octanol–water partition coefficient (Wildman–Crippen LogP) is 5.48. The van der Waals surface area contributed by atoms with Crippen molar-refractivity contribution in [2.24, 2.45) is 10.9 Å². The van der Waals surface area contributed by atoms with Crippen LogP contribution in [0.2, 0.25) is 0 Å². The summed E-state index contributed by atoms with van der Waals surface area (Å²) < 4.78 is 4.94. The molecule has 3 radical (unpaired) electrons. The topological polar surface area (TPSA) is 56.8 Å². The summed E-state index contributed by atoms with van der Waals surface area (Å²) >= 11 is 3.62. The Morgan fingerprint density at radius 1 is 0.938 bits per heavy atom. The van der Waals surface area contributed by atoms with Crippen LogP contribution in [-0.4, -0.2) is 47.0 Å². The molecule has 32 heavy (non-hydrogen) atoms. The summed E-state index contributed by atoms with van der Waals surface area (Å²) in [6.07, 6.45) is 11.2. The smallest absolute Gasteiger partial charge is 0.106 e. The van der Waals surface area contributed by atoms with Crippen LogP contribution in [0.25, 0.3) is 0 Å². The lowest BCUT2D eigenvalue weighted by molar-refractivity contribution is 0.198. The number of benzene rings is 2. The zero-order valence-electron chi connectivity index (χ0n) is 19.4. The van der Waals surface area contributed by atoms with Crippen molar-refractivity contribution < 1.29 is 9.57 Å². The Bertz CT molecular complexity index is 881. The highest BCUT2D eigenvalue weighted by atomic mass is 32.2. The third-order valence-electron chi connectivity index (χ3n) is 5.80. The number of fused-ring (bicyclic) bond motifs is 2. The van der Waals surface area contributed by atoms with Crippen LogP contribution in [0.1, 0.15) is 54.0 Å². The molecule has 0 amide bonds. The molecule has 1 atom stereocenters. The average Bonchev–Trinajstić information content (AvgIpc) is 3.57. The van der Waals surface area contributed by atoms with E-state index in [1.807, 2.05) is 11.8 Å². The molecule has 0 saturated carbocycles. The van der Waals surface area contributed by atoms with E-state index in [9.17, 15) is 0 Å². The van der Waals surface area contributed by atoms with Gasteiger partial charge in [0.25, 0.3) is 0 Å². The number of hydrogen-bond donors (Lipinski definition) is 1. The van der Waals surface area contributed by atoms with Crippen LogP contribution >= 0.6 is 23.5 Å². The summed E-state index contributed by atoms with van der Waals surface area (Å²) in [5.41, 5.74) is 12.6. The van der Waals surface area contributed by atoms with Crippen molar-refractivity contribution in [3.8, 4) is 0 Å². The molecule has 1 fully saturated rings. The van der Waals surface area contributed by atoms with Gasteiger partial charge in [-0.25, -0.2) is 0 Å². The molecule has 0 bridgehead atoms. The molecule has 7 heteroatoms. The highest BCUT2D eigenvalue weighted by Gasteiger charge is 2.21. The molecule has 1 heterocycles. The minimum atomic E-state index is 0. The van der Waals surface area contributed by atoms with Gasteiger partial charge in [0.2, 0.25) is 0 Å². The lowest BCUT2D eigenvalue weighted by atomic mass is 10.1. The fraction of sp³-hybridized carbons (Fsp3) is 0.480. The fourth-order valence-corrected chi connectivity index (χ4v) is 5.58. The first-order chi connectivity index (χ1) is 15.2. The van der Waals surface area contributed by atoms with Gasteiger partial charge < -0.3 is 15.3 Å². The van der Waals surface area contributed by atoms with Gasteiger partial charge in [0, 0.05) is 43.0 Å². The van der Waals surface area contributed by atoms with Gasteiger partial charge in [0.1, 0.15) is 7.11 Å². The molecule has 1 aliphatic heterocycles. The van der Waals surface area contributed by atoms with Crippen LogP contribution in [-0.2, 0) is 22.4 Å². The number of hydrogen-bond acceptors (Lipinski definition) is 6. The van der Waals surface area contributed by atoms with Crippen molar-refractivity contribution in [2.75, 3.05) is 32.8 Å². The molecule has 5 rings (SSSR count). The van der Waals surface area contributed by atoms with Crippen LogP contribution in [0.4, 0.5) is 0 Å². The van der Waals surface area contributed by atoms with Crippen molar-refractivity contribution in [1.82, 2.24) is 0 Å². The van der Waals surface area contributed by atoms with Gasteiger partial charge in [-0.3, -0.25) is 0 Å². The number of thioether (sulfide) groups is 2. The number of ether oxygens (including phenoxy) is 1. The zero-order valence-corrected chi connectivity index (χ0v) is 21.1. The van der Waals surface area contributed by atoms with E-state index in [2.05, 4.69) is 54.1 Å². The molecule has 1 saturated heterocycles. The van der Waals surface area contributed by atoms with Gasteiger partial charge >= 0.3 is 0 Å². The first kappa shape index (κ1) is 26.8. The molecule has 2 aromatic carbocycles. The minimum absolute atomic E-state index is 0. The molecule has 2 N–H and O–H groups in total. The van der Waals surface area contributed by atoms with Crippen LogP contribution in [0.5, 0.6) is 0 Å². The van der Waals surface area contributed by atoms with Gasteiger partial charge in [0.15, 0.2) is 0 Å². The Labute approximate surface area is 203 Å². The summed E-state index contributed by atoms with van der Waals surface area (Å²) in [6.45, 7) is 2.00. The summed E-state index contributed by atoms with van der Waals surface area (Å²) in [6, 6.07) is 13.1. The molecule has 0 aromatic heterocycles.